The van der Waals surface area contributed by atoms with E-state index < -0.39 is 0 Å². The molecule has 0 aliphatic heterocycles. The first-order valence-electron chi connectivity index (χ1n) is 5.55. The summed E-state index contributed by atoms with van der Waals surface area (Å²) in [6, 6.07) is 0.756. The number of thioether (sulfide) groups is 1. The molecule has 0 spiro atoms. The maximum Gasteiger partial charge on any atom is 0.0157 e. The van der Waals surface area contributed by atoms with Crippen LogP contribution in [0.4, 0.5) is 0 Å². The van der Waals surface area contributed by atoms with E-state index in [1.807, 2.05) is 0 Å². The van der Waals surface area contributed by atoms with Gasteiger partial charge in [-0.15, -0.1) is 0 Å². The van der Waals surface area contributed by atoms with Crippen molar-refractivity contribution in [3.8, 4) is 0 Å². The third kappa shape index (κ3) is 4.92. The van der Waals surface area contributed by atoms with E-state index in [1.165, 1.54) is 31.4 Å². The highest BCUT2D eigenvalue weighted by Gasteiger charge is 2.24. The molecule has 0 amide bonds. The number of hydrogen-bond donors (Lipinski definition) is 1. The van der Waals surface area contributed by atoms with Crippen molar-refractivity contribution in [1.82, 2.24) is 5.32 Å². The summed E-state index contributed by atoms with van der Waals surface area (Å²) in [5.41, 5.74) is 0. The molecular weight excluding hydrogens is 178 g/mol. The van der Waals surface area contributed by atoms with E-state index in [2.05, 4.69) is 38.0 Å². The van der Waals surface area contributed by atoms with Crippen molar-refractivity contribution in [2.24, 2.45) is 5.92 Å². The minimum Gasteiger partial charge on any atom is -0.316 e. The van der Waals surface area contributed by atoms with Gasteiger partial charge in [0.05, 0.1) is 0 Å². The molecule has 0 saturated heterocycles. The lowest BCUT2D eigenvalue weighted by Crippen LogP contribution is -2.28. The predicted molar refractivity (Wildman–Crippen MR) is 62.4 cm³/mol. The van der Waals surface area contributed by atoms with Crippen LogP contribution in [0.5, 0.6) is 0 Å². The second-order valence-electron chi connectivity index (χ2n) is 4.22. The fourth-order valence-corrected chi connectivity index (χ4v) is 2.52. The van der Waals surface area contributed by atoms with Gasteiger partial charge >= 0.3 is 0 Å². The summed E-state index contributed by atoms with van der Waals surface area (Å²) in [6.07, 6.45) is 5.66. The first-order chi connectivity index (χ1) is 6.26. The molecule has 0 bridgehead atoms. The summed E-state index contributed by atoms with van der Waals surface area (Å²) >= 11 is 2.12. The van der Waals surface area contributed by atoms with Crippen LogP contribution in [-0.2, 0) is 0 Å². The SMILES string of the molecule is CCC(C)SCC(CC1CC1)NC. The second-order valence-corrected chi connectivity index (χ2v) is 5.69. The fourth-order valence-electron chi connectivity index (χ4n) is 1.42. The molecule has 1 nitrogen and oxygen atoms in total. The van der Waals surface area contributed by atoms with Crippen LogP contribution in [0.25, 0.3) is 0 Å². The zero-order valence-corrected chi connectivity index (χ0v) is 9.99. The Morgan fingerprint density at radius 2 is 2.15 bits per heavy atom. The molecule has 2 heteroatoms. The molecule has 0 radical (unpaired) electrons. The topological polar surface area (TPSA) is 12.0 Å². The number of rotatable bonds is 7. The Labute approximate surface area is 87.1 Å². The lowest BCUT2D eigenvalue weighted by atomic mass is 10.2. The molecule has 1 aliphatic rings. The third-order valence-corrected chi connectivity index (χ3v) is 4.38. The fraction of sp³-hybridized carbons (Fsp3) is 1.00. The summed E-state index contributed by atoms with van der Waals surface area (Å²) in [7, 11) is 2.10. The van der Waals surface area contributed by atoms with Gasteiger partial charge in [-0.2, -0.15) is 11.8 Å². The summed E-state index contributed by atoms with van der Waals surface area (Å²) < 4.78 is 0. The van der Waals surface area contributed by atoms with Gasteiger partial charge in [0.1, 0.15) is 0 Å². The predicted octanol–water partition coefficient (Wildman–Crippen LogP) is 2.91. The Morgan fingerprint density at radius 3 is 2.62 bits per heavy atom. The van der Waals surface area contributed by atoms with Crippen LogP contribution in [0.15, 0.2) is 0 Å². The summed E-state index contributed by atoms with van der Waals surface area (Å²) in [6.45, 7) is 4.60. The molecule has 2 unspecified atom stereocenters. The van der Waals surface area contributed by atoms with Gasteiger partial charge in [0.25, 0.3) is 0 Å². The van der Waals surface area contributed by atoms with E-state index in [1.54, 1.807) is 0 Å². The molecule has 1 rings (SSSR count). The Bertz CT molecular complexity index is 134. The summed E-state index contributed by atoms with van der Waals surface area (Å²) in [5.74, 6) is 2.34. The molecule has 0 heterocycles. The molecule has 1 aliphatic carbocycles. The molecule has 0 aromatic carbocycles. The van der Waals surface area contributed by atoms with Gasteiger partial charge < -0.3 is 5.32 Å². The average molecular weight is 201 g/mol. The van der Waals surface area contributed by atoms with E-state index in [0.717, 1.165) is 17.2 Å². The quantitative estimate of drug-likeness (QED) is 0.680. The number of hydrogen-bond acceptors (Lipinski definition) is 2. The minimum absolute atomic E-state index is 0.756. The molecule has 78 valence electrons. The first kappa shape index (κ1) is 11.4. The number of nitrogens with one attached hydrogen (secondary N) is 1. The van der Waals surface area contributed by atoms with E-state index in [9.17, 15) is 0 Å². The Morgan fingerprint density at radius 1 is 1.46 bits per heavy atom. The van der Waals surface area contributed by atoms with Gasteiger partial charge in [0.15, 0.2) is 0 Å². The smallest absolute Gasteiger partial charge is 0.0157 e. The third-order valence-electron chi connectivity index (χ3n) is 2.88. The summed E-state index contributed by atoms with van der Waals surface area (Å²) in [5, 5.41) is 4.26. The van der Waals surface area contributed by atoms with Gasteiger partial charge in [0.2, 0.25) is 0 Å². The summed E-state index contributed by atoms with van der Waals surface area (Å²) in [4.78, 5) is 0. The first-order valence-corrected chi connectivity index (χ1v) is 6.60. The average Bonchev–Trinajstić information content (AvgIpc) is 2.95. The van der Waals surface area contributed by atoms with Crippen molar-refractivity contribution in [2.75, 3.05) is 12.8 Å². The molecule has 0 aromatic rings. The lowest BCUT2D eigenvalue weighted by Gasteiger charge is -2.17. The van der Waals surface area contributed by atoms with Gasteiger partial charge in [-0.3, -0.25) is 0 Å². The van der Waals surface area contributed by atoms with Crippen molar-refractivity contribution in [1.29, 1.82) is 0 Å². The highest BCUT2D eigenvalue weighted by atomic mass is 32.2. The van der Waals surface area contributed by atoms with Gasteiger partial charge in [-0.05, 0) is 25.8 Å². The van der Waals surface area contributed by atoms with Gasteiger partial charge in [-0.1, -0.05) is 26.7 Å². The zero-order chi connectivity index (χ0) is 9.68. The molecule has 13 heavy (non-hydrogen) atoms. The molecule has 2 atom stereocenters. The molecule has 1 saturated carbocycles. The highest BCUT2D eigenvalue weighted by molar-refractivity contribution is 7.99. The largest absolute Gasteiger partial charge is 0.316 e. The van der Waals surface area contributed by atoms with Gasteiger partial charge in [-0.25, -0.2) is 0 Å². The van der Waals surface area contributed by atoms with Crippen LogP contribution in [-0.4, -0.2) is 24.1 Å². The Balaban J connectivity index is 2.07. The van der Waals surface area contributed by atoms with Crippen molar-refractivity contribution in [3.63, 3.8) is 0 Å². The Kier molecular flexibility index (Phi) is 5.18. The van der Waals surface area contributed by atoms with Crippen molar-refractivity contribution in [3.05, 3.63) is 0 Å². The monoisotopic (exact) mass is 201 g/mol. The van der Waals surface area contributed by atoms with E-state index >= 15 is 0 Å². The van der Waals surface area contributed by atoms with Crippen LogP contribution < -0.4 is 5.32 Å². The second kappa shape index (κ2) is 5.92. The van der Waals surface area contributed by atoms with Crippen LogP contribution in [0.2, 0.25) is 0 Å². The van der Waals surface area contributed by atoms with Crippen molar-refractivity contribution >= 4 is 11.8 Å². The van der Waals surface area contributed by atoms with Crippen molar-refractivity contribution in [2.45, 2.75) is 50.8 Å². The molecule has 1 N–H and O–H groups in total. The zero-order valence-electron chi connectivity index (χ0n) is 9.18. The highest BCUT2D eigenvalue weighted by Crippen LogP contribution is 2.34. The van der Waals surface area contributed by atoms with Crippen LogP contribution in [0, 0.1) is 5.92 Å². The van der Waals surface area contributed by atoms with Crippen LogP contribution >= 0.6 is 11.8 Å². The van der Waals surface area contributed by atoms with Crippen LogP contribution in [0.3, 0.4) is 0 Å². The van der Waals surface area contributed by atoms with E-state index in [4.69, 9.17) is 0 Å². The van der Waals surface area contributed by atoms with Crippen molar-refractivity contribution < 1.29 is 0 Å². The lowest BCUT2D eigenvalue weighted by molar-refractivity contribution is 0.535. The Hall–Kier alpha value is 0.310. The normalized spacial score (nSPS) is 21.5. The van der Waals surface area contributed by atoms with Gasteiger partial charge in [0, 0.05) is 17.0 Å². The van der Waals surface area contributed by atoms with Crippen LogP contribution in [0.1, 0.15) is 39.5 Å². The standard InChI is InChI=1S/C11H23NS/c1-4-9(2)13-8-11(12-3)7-10-5-6-10/h9-12H,4-8H2,1-3H3. The maximum atomic E-state index is 3.43. The minimum atomic E-state index is 0.756. The van der Waals surface area contributed by atoms with E-state index in [-0.39, 0.29) is 0 Å². The molecule has 0 aromatic heterocycles. The van der Waals surface area contributed by atoms with E-state index in [0.29, 0.717) is 0 Å². The molecule has 1 fully saturated rings. The molecular formula is C11H23NS. The maximum absolute atomic E-state index is 3.43.